The average molecular weight is 219 g/mol. The first kappa shape index (κ1) is 10.3. The summed E-state index contributed by atoms with van der Waals surface area (Å²) in [6.07, 6.45) is 4.36. The van der Waals surface area contributed by atoms with E-state index in [4.69, 9.17) is 9.15 Å². The molecule has 16 heavy (non-hydrogen) atoms. The summed E-state index contributed by atoms with van der Waals surface area (Å²) in [7, 11) is 0. The number of hydrogen-bond donors (Lipinski definition) is 0. The Morgan fingerprint density at radius 2 is 2.19 bits per heavy atom. The van der Waals surface area contributed by atoms with Gasteiger partial charge in [0.25, 0.3) is 5.89 Å². The van der Waals surface area contributed by atoms with Gasteiger partial charge < -0.3 is 9.15 Å². The Morgan fingerprint density at radius 3 is 2.88 bits per heavy atom. The molecule has 0 spiro atoms. The van der Waals surface area contributed by atoms with Gasteiger partial charge in [-0.25, -0.2) is 14.8 Å². The Bertz CT molecular complexity index is 481. The van der Waals surface area contributed by atoms with E-state index in [1.807, 2.05) is 0 Å². The van der Waals surface area contributed by atoms with E-state index >= 15 is 0 Å². The van der Waals surface area contributed by atoms with Gasteiger partial charge in [0.15, 0.2) is 5.69 Å². The standard InChI is InChI=1S/C10H9N3O3/c1-2-15-10(14)7-6-16-9(13-7)8-11-4-3-5-12-8/h3-6H,2H2,1H3. The maximum Gasteiger partial charge on any atom is 0.360 e. The minimum atomic E-state index is -0.520. The lowest BCUT2D eigenvalue weighted by Gasteiger charge is -1.94. The molecule has 2 rings (SSSR count). The van der Waals surface area contributed by atoms with Crippen molar-refractivity contribution in [2.45, 2.75) is 6.92 Å². The first-order valence-corrected chi connectivity index (χ1v) is 4.71. The Balaban J connectivity index is 2.23. The summed E-state index contributed by atoms with van der Waals surface area (Å²) < 4.78 is 9.86. The second kappa shape index (κ2) is 4.52. The van der Waals surface area contributed by atoms with E-state index < -0.39 is 5.97 Å². The van der Waals surface area contributed by atoms with Crippen molar-refractivity contribution < 1.29 is 13.9 Å². The van der Waals surface area contributed by atoms with Crippen LogP contribution >= 0.6 is 0 Å². The van der Waals surface area contributed by atoms with Crippen molar-refractivity contribution >= 4 is 5.97 Å². The van der Waals surface area contributed by atoms with E-state index in [9.17, 15) is 4.79 Å². The summed E-state index contributed by atoms with van der Waals surface area (Å²) in [5.74, 6) is 0.00938. The molecule has 0 radical (unpaired) electrons. The summed E-state index contributed by atoms with van der Waals surface area (Å²) in [6.45, 7) is 2.02. The van der Waals surface area contributed by atoms with Crippen LogP contribution in [0.5, 0.6) is 0 Å². The van der Waals surface area contributed by atoms with E-state index in [1.165, 1.54) is 6.26 Å². The van der Waals surface area contributed by atoms with Gasteiger partial charge in [-0.2, -0.15) is 4.98 Å². The van der Waals surface area contributed by atoms with E-state index in [-0.39, 0.29) is 11.6 Å². The van der Waals surface area contributed by atoms with Crippen molar-refractivity contribution in [3.05, 3.63) is 30.4 Å². The Labute approximate surface area is 91.3 Å². The number of oxazole rings is 1. The predicted molar refractivity (Wildman–Crippen MR) is 53.5 cm³/mol. The highest BCUT2D eigenvalue weighted by Crippen LogP contribution is 2.13. The fourth-order valence-corrected chi connectivity index (χ4v) is 1.08. The van der Waals surface area contributed by atoms with Gasteiger partial charge in [0.2, 0.25) is 5.82 Å². The third-order valence-electron chi connectivity index (χ3n) is 1.75. The molecule has 2 heterocycles. The fraction of sp³-hybridized carbons (Fsp3) is 0.200. The van der Waals surface area contributed by atoms with Crippen LogP contribution in [0.3, 0.4) is 0 Å². The quantitative estimate of drug-likeness (QED) is 0.724. The summed E-state index contributed by atoms with van der Waals surface area (Å²) in [5, 5.41) is 0. The highest BCUT2D eigenvalue weighted by Gasteiger charge is 2.15. The minimum absolute atomic E-state index is 0.115. The number of carbonyl (C=O) groups excluding carboxylic acids is 1. The largest absolute Gasteiger partial charge is 0.461 e. The highest BCUT2D eigenvalue weighted by atomic mass is 16.5. The van der Waals surface area contributed by atoms with Gasteiger partial charge in [-0.15, -0.1) is 0 Å². The van der Waals surface area contributed by atoms with Crippen LogP contribution in [-0.4, -0.2) is 27.5 Å². The number of rotatable bonds is 3. The molecule has 0 aliphatic heterocycles. The molecular weight excluding hydrogens is 210 g/mol. The summed E-state index contributed by atoms with van der Waals surface area (Å²) >= 11 is 0. The second-order valence-electron chi connectivity index (χ2n) is 2.83. The molecule has 0 N–H and O–H groups in total. The van der Waals surface area contributed by atoms with Crippen LogP contribution in [0.15, 0.2) is 29.1 Å². The Morgan fingerprint density at radius 1 is 1.44 bits per heavy atom. The molecule has 0 fully saturated rings. The minimum Gasteiger partial charge on any atom is -0.461 e. The van der Waals surface area contributed by atoms with Crippen LogP contribution in [0.4, 0.5) is 0 Å². The predicted octanol–water partition coefficient (Wildman–Crippen LogP) is 1.31. The van der Waals surface area contributed by atoms with Gasteiger partial charge in [-0.05, 0) is 13.0 Å². The zero-order valence-corrected chi connectivity index (χ0v) is 8.58. The maximum absolute atomic E-state index is 11.3. The molecule has 0 saturated carbocycles. The number of hydrogen-bond acceptors (Lipinski definition) is 6. The normalized spacial score (nSPS) is 10.1. The number of carbonyl (C=O) groups is 1. The van der Waals surface area contributed by atoms with Crippen molar-refractivity contribution in [3.63, 3.8) is 0 Å². The molecule has 0 atom stereocenters. The van der Waals surface area contributed by atoms with Crippen LogP contribution in [-0.2, 0) is 4.74 Å². The molecule has 0 aliphatic carbocycles. The van der Waals surface area contributed by atoms with Crippen molar-refractivity contribution in [1.29, 1.82) is 0 Å². The van der Waals surface area contributed by atoms with Gasteiger partial charge in [0, 0.05) is 12.4 Å². The molecule has 0 bridgehead atoms. The van der Waals surface area contributed by atoms with E-state index in [0.717, 1.165) is 0 Å². The Kier molecular flexibility index (Phi) is 2.90. The fourth-order valence-electron chi connectivity index (χ4n) is 1.08. The number of aromatic nitrogens is 3. The third kappa shape index (κ3) is 2.05. The van der Waals surface area contributed by atoms with Gasteiger partial charge >= 0.3 is 5.97 Å². The van der Waals surface area contributed by atoms with Crippen LogP contribution < -0.4 is 0 Å². The maximum atomic E-state index is 11.3. The topological polar surface area (TPSA) is 78.1 Å². The number of esters is 1. The second-order valence-corrected chi connectivity index (χ2v) is 2.83. The summed E-state index contributed by atoms with van der Waals surface area (Å²) in [6, 6.07) is 1.68. The van der Waals surface area contributed by atoms with Gasteiger partial charge in [0.1, 0.15) is 6.26 Å². The number of ether oxygens (including phenoxy) is 1. The monoisotopic (exact) mass is 219 g/mol. The Hall–Kier alpha value is -2.24. The van der Waals surface area contributed by atoms with Crippen molar-refractivity contribution in [2.75, 3.05) is 6.61 Å². The first-order valence-electron chi connectivity index (χ1n) is 4.71. The van der Waals surface area contributed by atoms with E-state index in [2.05, 4.69) is 15.0 Å². The molecule has 0 saturated heterocycles. The van der Waals surface area contributed by atoms with Crippen LogP contribution in [0.2, 0.25) is 0 Å². The first-order chi connectivity index (χ1) is 7.81. The van der Waals surface area contributed by atoms with Crippen LogP contribution in [0.25, 0.3) is 11.7 Å². The molecular formula is C10H9N3O3. The van der Waals surface area contributed by atoms with Crippen LogP contribution in [0, 0.1) is 0 Å². The average Bonchev–Trinajstić information content (AvgIpc) is 2.80. The molecule has 0 unspecified atom stereocenters. The third-order valence-corrected chi connectivity index (χ3v) is 1.75. The van der Waals surface area contributed by atoms with Crippen molar-refractivity contribution in [3.8, 4) is 11.7 Å². The van der Waals surface area contributed by atoms with Crippen molar-refractivity contribution in [1.82, 2.24) is 15.0 Å². The zero-order valence-electron chi connectivity index (χ0n) is 8.58. The van der Waals surface area contributed by atoms with Gasteiger partial charge in [-0.1, -0.05) is 0 Å². The molecule has 0 amide bonds. The molecule has 6 nitrogen and oxygen atoms in total. The lowest BCUT2D eigenvalue weighted by atomic mass is 10.5. The van der Waals surface area contributed by atoms with E-state index in [0.29, 0.717) is 12.4 Å². The summed E-state index contributed by atoms with van der Waals surface area (Å²) in [4.78, 5) is 23.1. The van der Waals surface area contributed by atoms with Crippen molar-refractivity contribution in [2.24, 2.45) is 0 Å². The molecule has 6 heteroatoms. The molecule has 0 aliphatic rings. The molecule has 82 valence electrons. The highest BCUT2D eigenvalue weighted by molar-refractivity contribution is 5.87. The lowest BCUT2D eigenvalue weighted by Crippen LogP contribution is -2.04. The van der Waals surface area contributed by atoms with E-state index in [1.54, 1.807) is 25.4 Å². The smallest absolute Gasteiger partial charge is 0.360 e. The SMILES string of the molecule is CCOC(=O)c1coc(-c2ncccn2)n1. The lowest BCUT2D eigenvalue weighted by molar-refractivity contribution is 0.0519. The molecule has 2 aromatic heterocycles. The van der Waals surface area contributed by atoms with Crippen LogP contribution in [0.1, 0.15) is 17.4 Å². The summed E-state index contributed by atoms with van der Waals surface area (Å²) in [5.41, 5.74) is 0.115. The van der Waals surface area contributed by atoms with Gasteiger partial charge in [-0.3, -0.25) is 0 Å². The molecule has 0 aromatic carbocycles. The number of nitrogens with zero attached hydrogens (tertiary/aromatic N) is 3. The molecule has 2 aromatic rings. The zero-order chi connectivity index (χ0) is 11.4. The van der Waals surface area contributed by atoms with Gasteiger partial charge in [0.05, 0.1) is 6.61 Å².